The maximum absolute atomic E-state index is 6.33. The highest BCUT2D eigenvalue weighted by Gasteiger charge is 2.32. The van der Waals surface area contributed by atoms with Crippen LogP contribution in [0.2, 0.25) is 0 Å². The van der Waals surface area contributed by atoms with Gasteiger partial charge >= 0.3 is 0 Å². The van der Waals surface area contributed by atoms with Crippen molar-refractivity contribution in [3.05, 3.63) is 29.8 Å². The van der Waals surface area contributed by atoms with Crippen molar-refractivity contribution < 1.29 is 9.47 Å². The van der Waals surface area contributed by atoms with Crippen molar-refractivity contribution in [2.75, 3.05) is 26.3 Å². The highest BCUT2D eigenvalue weighted by Crippen LogP contribution is 2.28. The predicted molar refractivity (Wildman–Crippen MR) is 83.4 cm³/mol. The fraction of sp³-hybridized carbons (Fsp3) is 0.647. The van der Waals surface area contributed by atoms with Crippen LogP contribution in [0.5, 0.6) is 5.75 Å². The maximum atomic E-state index is 6.33. The summed E-state index contributed by atoms with van der Waals surface area (Å²) in [5, 5.41) is 0. The molecule has 21 heavy (non-hydrogen) atoms. The van der Waals surface area contributed by atoms with Crippen LogP contribution in [-0.2, 0) is 11.3 Å². The van der Waals surface area contributed by atoms with Crippen LogP contribution in [0.1, 0.15) is 31.2 Å². The van der Waals surface area contributed by atoms with Gasteiger partial charge in [0.1, 0.15) is 11.9 Å². The Hall–Kier alpha value is -1.10. The third-order valence-corrected chi connectivity index (χ3v) is 4.60. The Morgan fingerprint density at radius 3 is 2.81 bits per heavy atom. The number of nitrogens with zero attached hydrogens (tertiary/aromatic N) is 1. The molecule has 1 aromatic carbocycles. The van der Waals surface area contributed by atoms with Crippen molar-refractivity contribution >= 4 is 0 Å². The van der Waals surface area contributed by atoms with Gasteiger partial charge in [-0.15, -0.1) is 0 Å². The van der Waals surface area contributed by atoms with Gasteiger partial charge in [0, 0.05) is 25.7 Å². The van der Waals surface area contributed by atoms with E-state index >= 15 is 0 Å². The lowest BCUT2D eigenvalue weighted by atomic mass is 9.91. The fourth-order valence-electron chi connectivity index (χ4n) is 3.46. The summed E-state index contributed by atoms with van der Waals surface area (Å²) in [5.74, 6) is 0.961. The van der Waals surface area contributed by atoms with Gasteiger partial charge in [-0.3, -0.25) is 4.90 Å². The SMILES string of the molecule is NCc1cccc(OC2CCCCC2N2CCOCC2)c1. The first-order valence-corrected chi connectivity index (χ1v) is 8.14. The quantitative estimate of drug-likeness (QED) is 0.923. The molecule has 2 fully saturated rings. The van der Waals surface area contributed by atoms with Gasteiger partial charge in [0.2, 0.25) is 0 Å². The molecule has 2 aliphatic rings. The van der Waals surface area contributed by atoms with Crippen LogP contribution >= 0.6 is 0 Å². The lowest BCUT2D eigenvalue weighted by molar-refractivity contribution is -0.0281. The first kappa shape index (κ1) is 14.8. The molecule has 1 heterocycles. The van der Waals surface area contributed by atoms with Gasteiger partial charge in [0.25, 0.3) is 0 Å². The normalized spacial score (nSPS) is 27.5. The van der Waals surface area contributed by atoms with Crippen molar-refractivity contribution in [3.63, 3.8) is 0 Å². The van der Waals surface area contributed by atoms with Crippen molar-refractivity contribution in [2.24, 2.45) is 5.73 Å². The predicted octanol–water partition coefficient (Wildman–Crippen LogP) is 2.17. The van der Waals surface area contributed by atoms with E-state index in [1.807, 2.05) is 18.2 Å². The second-order valence-electron chi connectivity index (χ2n) is 6.01. The lowest BCUT2D eigenvalue weighted by Crippen LogP contribution is -2.52. The molecule has 1 aliphatic heterocycles. The third-order valence-electron chi connectivity index (χ3n) is 4.60. The van der Waals surface area contributed by atoms with Gasteiger partial charge in [-0.25, -0.2) is 0 Å². The molecule has 4 nitrogen and oxygen atoms in total. The number of morpholine rings is 1. The minimum Gasteiger partial charge on any atom is -0.489 e. The zero-order valence-corrected chi connectivity index (χ0v) is 12.7. The molecule has 1 aliphatic carbocycles. The molecule has 0 aromatic heterocycles. The Bertz CT molecular complexity index is 446. The summed E-state index contributed by atoms with van der Waals surface area (Å²) in [5.41, 5.74) is 6.85. The molecule has 1 saturated heterocycles. The summed E-state index contributed by atoms with van der Waals surface area (Å²) in [7, 11) is 0. The van der Waals surface area contributed by atoms with Gasteiger partial charge < -0.3 is 15.2 Å². The molecule has 0 radical (unpaired) electrons. The van der Waals surface area contributed by atoms with Gasteiger partial charge in [0.15, 0.2) is 0 Å². The van der Waals surface area contributed by atoms with Crippen molar-refractivity contribution in [3.8, 4) is 5.75 Å². The van der Waals surface area contributed by atoms with Crippen LogP contribution < -0.4 is 10.5 Å². The first-order chi connectivity index (χ1) is 10.4. The minimum atomic E-state index is 0.296. The number of rotatable bonds is 4. The minimum absolute atomic E-state index is 0.296. The highest BCUT2D eigenvalue weighted by atomic mass is 16.5. The van der Waals surface area contributed by atoms with Crippen molar-refractivity contribution in [1.82, 2.24) is 4.90 Å². The number of ether oxygens (including phenoxy) is 2. The van der Waals surface area contributed by atoms with Crippen LogP contribution in [0.4, 0.5) is 0 Å². The monoisotopic (exact) mass is 290 g/mol. The number of hydrogen-bond acceptors (Lipinski definition) is 4. The van der Waals surface area contributed by atoms with E-state index < -0.39 is 0 Å². The fourth-order valence-corrected chi connectivity index (χ4v) is 3.46. The number of nitrogens with two attached hydrogens (primary N) is 1. The third kappa shape index (κ3) is 3.76. The smallest absolute Gasteiger partial charge is 0.120 e. The van der Waals surface area contributed by atoms with Crippen molar-refractivity contribution in [1.29, 1.82) is 0 Å². The highest BCUT2D eigenvalue weighted by molar-refractivity contribution is 5.28. The van der Waals surface area contributed by atoms with Crippen LogP contribution in [-0.4, -0.2) is 43.3 Å². The standard InChI is InChI=1S/C17H26N2O2/c18-13-14-4-3-5-15(12-14)21-17-7-2-1-6-16(17)19-8-10-20-11-9-19/h3-5,12,16-17H,1-2,6-11,13,18H2. The summed E-state index contributed by atoms with van der Waals surface area (Å²) in [6.45, 7) is 4.34. The lowest BCUT2D eigenvalue weighted by Gasteiger charge is -2.41. The second-order valence-corrected chi connectivity index (χ2v) is 6.01. The van der Waals surface area contributed by atoms with Crippen LogP contribution in [0.25, 0.3) is 0 Å². The molecular formula is C17H26N2O2. The molecule has 2 unspecified atom stereocenters. The Morgan fingerprint density at radius 2 is 2.00 bits per heavy atom. The van der Waals surface area contributed by atoms with E-state index in [1.165, 1.54) is 19.3 Å². The van der Waals surface area contributed by atoms with Crippen molar-refractivity contribution in [2.45, 2.75) is 44.4 Å². The molecule has 0 spiro atoms. The topological polar surface area (TPSA) is 47.7 Å². The molecule has 4 heteroatoms. The molecule has 2 N–H and O–H groups in total. The molecule has 2 atom stereocenters. The summed E-state index contributed by atoms with van der Waals surface area (Å²) in [6.07, 6.45) is 5.26. The molecule has 1 saturated carbocycles. The van der Waals surface area contributed by atoms with E-state index in [1.54, 1.807) is 0 Å². The Labute approximate surface area is 127 Å². The Balaban J connectivity index is 1.68. The Morgan fingerprint density at radius 1 is 1.19 bits per heavy atom. The molecule has 0 bridgehead atoms. The molecule has 0 amide bonds. The first-order valence-electron chi connectivity index (χ1n) is 8.14. The number of hydrogen-bond donors (Lipinski definition) is 1. The largest absolute Gasteiger partial charge is 0.489 e. The zero-order chi connectivity index (χ0) is 14.5. The van der Waals surface area contributed by atoms with E-state index in [4.69, 9.17) is 15.2 Å². The van der Waals surface area contributed by atoms with Gasteiger partial charge in [0.05, 0.1) is 13.2 Å². The molecule has 116 valence electrons. The zero-order valence-electron chi connectivity index (χ0n) is 12.7. The summed E-state index contributed by atoms with van der Waals surface area (Å²) < 4.78 is 11.8. The van der Waals surface area contributed by atoms with E-state index in [0.717, 1.165) is 44.0 Å². The van der Waals surface area contributed by atoms with Gasteiger partial charge in [-0.1, -0.05) is 18.6 Å². The summed E-state index contributed by atoms with van der Waals surface area (Å²) >= 11 is 0. The molecule has 3 rings (SSSR count). The molecular weight excluding hydrogens is 264 g/mol. The summed E-state index contributed by atoms with van der Waals surface area (Å²) in [4.78, 5) is 2.56. The van der Waals surface area contributed by atoms with Crippen LogP contribution in [0.3, 0.4) is 0 Å². The average molecular weight is 290 g/mol. The van der Waals surface area contributed by atoms with Crippen LogP contribution in [0, 0.1) is 0 Å². The molecule has 1 aromatic rings. The van der Waals surface area contributed by atoms with Gasteiger partial charge in [-0.2, -0.15) is 0 Å². The maximum Gasteiger partial charge on any atom is 0.120 e. The Kier molecular flexibility index (Phi) is 5.12. The van der Waals surface area contributed by atoms with Crippen LogP contribution in [0.15, 0.2) is 24.3 Å². The summed E-state index contributed by atoms with van der Waals surface area (Å²) in [6, 6.07) is 8.73. The average Bonchev–Trinajstić information content (AvgIpc) is 2.56. The van der Waals surface area contributed by atoms with E-state index in [0.29, 0.717) is 18.7 Å². The number of benzene rings is 1. The van der Waals surface area contributed by atoms with E-state index in [9.17, 15) is 0 Å². The second kappa shape index (κ2) is 7.25. The van der Waals surface area contributed by atoms with Gasteiger partial charge in [-0.05, 0) is 37.0 Å². The van der Waals surface area contributed by atoms with E-state index in [2.05, 4.69) is 11.0 Å². The van der Waals surface area contributed by atoms with E-state index in [-0.39, 0.29) is 0 Å².